The molecule has 2 fully saturated rings. The number of hydrogen-bond acceptors (Lipinski definition) is 6. The second-order valence-corrected chi connectivity index (χ2v) is 6.16. The van der Waals surface area contributed by atoms with Gasteiger partial charge in [-0.2, -0.15) is 0 Å². The average Bonchev–Trinajstić information content (AvgIpc) is 3.13. The maximum atomic E-state index is 12.1. The number of aliphatic hydroxyl groups is 1. The van der Waals surface area contributed by atoms with E-state index in [1.165, 1.54) is 0 Å². The lowest BCUT2D eigenvalue weighted by Gasteiger charge is -2.39. The summed E-state index contributed by atoms with van der Waals surface area (Å²) >= 11 is 0. The number of carbonyl (C=O) groups excluding carboxylic acids is 1. The fraction of sp³-hybridized carbons (Fsp3) is 0.647. The number of hydrogen-bond donors (Lipinski definition) is 3. The van der Waals surface area contributed by atoms with E-state index in [2.05, 4.69) is 10.2 Å². The molecule has 0 aromatic carbocycles. The summed E-state index contributed by atoms with van der Waals surface area (Å²) in [5, 5.41) is 18.9. The van der Waals surface area contributed by atoms with Gasteiger partial charge in [-0.1, -0.05) is 0 Å². The lowest BCUT2D eigenvalue weighted by atomic mass is 9.99. The minimum absolute atomic E-state index is 0.184. The molecule has 0 spiro atoms. The monoisotopic (exact) mass is 354 g/mol. The molecule has 2 aliphatic rings. The molecule has 140 valence electrons. The summed E-state index contributed by atoms with van der Waals surface area (Å²) in [6.07, 6.45) is 4.17. The van der Waals surface area contributed by atoms with E-state index >= 15 is 0 Å². The van der Waals surface area contributed by atoms with Crippen LogP contribution in [0.15, 0.2) is 16.5 Å². The van der Waals surface area contributed by atoms with Crippen LogP contribution < -0.4 is 5.32 Å². The molecule has 8 nitrogen and oxygen atoms in total. The summed E-state index contributed by atoms with van der Waals surface area (Å²) in [4.78, 5) is 23.0. The Morgan fingerprint density at radius 2 is 1.88 bits per heavy atom. The standard InChI is InChI=1S/C16H24N2O4.CH2O2/c19-11-14-1-2-15(22-14)16(20)17-12-3-7-18(8-4-12)13-5-9-21-10-6-13;2-1-3/h1-2,12-13,19H,3-11H2,(H,17,20);1H,(H,2,3). The van der Waals surface area contributed by atoms with Crippen LogP contribution in [0.2, 0.25) is 0 Å². The molecule has 2 aliphatic heterocycles. The number of rotatable bonds is 4. The first-order chi connectivity index (χ1) is 12.2. The molecule has 8 heteroatoms. The molecule has 0 unspecified atom stereocenters. The van der Waals surface area contributed by atoms with Gasteiger partial charge in [0.2, 0.25) is 0 Å². The number of furan rings is 1. The molecule has 0 atom stereocenters. The Bertz CT molecular complexity index is 533. The van der Waals surface area contributed by atoms with Crippen LogP contribution in [-0.4, -0.2) is 65.9 Å². The van der Waals surface area contributed by atoms with Crippen molar-refractivity contribution >= 4 is 12.4 Å². The van der Waals surface area contributed by atoms with E-state index in [-0.39, 0.29) is 30.8 Å². The van der Waals surface area contributed by atoms with Gasteiger partial charge in [0.1, 0.15) is 12.4 Å². The third-order valence-electron chi connectivity index (χ3n) is 4.61. The Hall–Kier alpha value is -1.90. The summed E-state index contributed by atoms with van der Waals surface area (Å²) in [5.41, 5.74) is 0. The van der Waals surface area contributed by atoms with E-state index in [0.717, 1.165) is 52.0 Å². The first-order valence-corrected chi connectivity index (χ1v) is 8.58. The molecular formula is C17H26N2O6. The van der Waals surface area contributed by atoms with Crippen molar-refractivity contribution in [1.29, 1.82) is 0 Å². The summed E-state index contributed by atoms with van der Waals surface area (Å²) in [6, 6.07) is 4.08. The fourth-order valence-electron chi connectivity index (χ4n) is 3.30. The summed E-state index contributed by atoms with van der Waals surface area (Å²) in [6.45, 7) is 3.35. The van der Waals surface area contributed by atoms with Gasteiger partial charge in [-0.25, -0.2) is 0 Å². The van der Waals surface area contributed by atoms with Gasteiger partial charge in [0.25, 0.3) is 12.4 Å². The lowest BCUT2D eigenvalue weighted by Crippen LogP contribution is -2.49. The first-order valence-electron chi connectivity index (χ1n) is 8.58. The number of likely N-dealkylation sites (tertiary alicyclic amines) is 1. The van der Waals surface area contributed by atoms with Crippen molar-refractivity contribution in [3.05, 3.63) is 23.7 Å². The van der Waals surface area contributed by atoms with E-state index in [4.69, 9.17) is 24.2 Å². The zero-order valence-electron chi connectivity index (χ0n) is 14.2. The van der Waals surface area contributed by atoms with E-state index in [1.54, 1.807) is 12.1 Å². The van der Waals surface area contributed by atoms with Gasteiger partial charge in [0.15, 0.2) is 5.76 Å². The Morgan fingerprint density at radius 3 is 2.44 bits per heavy atom. The number of ether oxygens (including phenoxy) is 1. The van der Waals surface area contributed by atoms with Crippen LogP contribution in [0.4, 0.5) is 0 Å². The molecule has 1 aromatic heterocycles. The van der Waals surface area contributed by atoms with Crippen LogP contribution in [-0.2, 0) is 16.1 Å². The number of carbonyl (C=O) groups is 2. The molecule has 3 heterocycles. The van der Waals surface area contributed by atoms with Crippen molar-refractivity contribution in [3.63, 3.8) is 0 Å². The minimum Gasteiger partial charge on any atom is -0.483 e. The molecule has 0 aliphatic carbocycles. The Morgan fingerprint density at radius 1 is 1.24 bits per heavy atom. The summed E-state index contributed by atoms with van der Waals surface area (Å²) in [5.74, 6) is 0.500. The first kappa shape index (κ1) is 19.4. The average molecular weight is 354 g/mol. The Labute approximate surface area is 146 Å². The summed E-state index contributed by atoms with van der Waals surface area (Å²) in [7, 11) is 0. The van der Waals surface area contributed by atoms with Crippen LogP contribution in [0.5, 0.6) is 0 Å². The smallest absolute Gasteiger partial charge is 0.290 e. The van der Waals surface area contributed by atoms with Crippen molar-refractivity contribution in [3.8, 4) is 0 Å². The number of carboxylic acid groups (broad SMARTS) is 1. The van der Waals surface area contributed by atoms with Gasteiger partial charge < -0.3 is 29.6 Å². The predicted molar refractivity (Wildman–Crippen MR) is 89.2 cm³/mol. The molecule has 3 N–H and O–H groups in total. The van der Waals surface area contributed by atoms with Crippen LogP contribution in [0, 0.1) is 0 Å². The fourth-order valence-corrected chi connectivity index (χ4v) is 3.30. The van der Waals surface area contributed by atoms with Gasteiger partial charge in [0.05, 0.1) is 0 Å². The maximum Gasteiger partial charge on any atom is 0.290 e. The molecule has 1 aromatic rings. The highest BCUT2D eigenvalue weighted by atomic mass is 16.5. The van der Waals surface area contributed by atoms with Crippen LogP contribution in [0.3, 0.4) is 0 Å². The molecule has 0 saturated carbocycles. The normalized spacial score (nSPS) is 19.7. The highest BCUT2D eigenvalue weighted by Gasteiger charge is 2.27. The molecule has 2 saturated heterocycles. The third kappa shape index (κ3) is 5.84. The zero-order valence-corrected chi connectivity index (χ0v) is 14.2. The number of amides is 1. The number of aliphatic hydroxyl groups excluding tert-OH is 1. The molecule has 0 radical (unpaired) electrons. The van der Waals surface area contributed by atoms with E-state index < -0.39 is 0 Å². The zero-order chi connectivity index (χ0) is 18.1. The van der Waals surface area contributed by atoms with Crippen molar-refractivity contribution in [1.82, 2.24) is 10.2 Å². The maximum absolute atomic E-state index is 12.1. The Kier molecular flexibility index (Phi) is 7.90. The van der Waals surface area contributed by atoms with Gasteiger partial charge >= 0.3 is 0 Å². The van der Waals surface area contributed by atoms with Crippen LogP contribution in [0.25, 0.3) is 0 Å². The van der Waals surface area contributed by atoms with Crippen molar-refractivity contribution in [2.24, 2.45) is 0 Å². The quantitative estimate of drug-likeness (QED) is 0.687. The van der Waals surface area contributed by atoms with Gasteiger partial charge in [-0.15, -0.1) is 0 Å². The molecule has 1 amide bonds. The molecule has 0 bridgehead atoms. The third-order valence-corrected chi connectivity index (χ3v) is 4.61. The summed E-state index contributed by atoms with van der Waals surface area (Å²) < 4.78 is 10.7. The SMILES string of the molecule is O=C(NC1CCN(C2CCOCC2)CC1)c1ccc(CO)o1.O=CO. The molecule has 25 heavy (non-hydrogen) atoms. The lowest BCUT2D eigenvalue weighted by molar-refractivity contribution is -0.122. The second kappa shape index (κ2) is 10.2. The highest BCUT2D eigenvalue weighted by molar-refractivity contribution is 5.91. The highest BCUT2D eigenvalue weighted by Crippen LogP contribution is 2.20. The van der Waals surface area contributed by atoms with E-state index in [1.807, 2.05) is 0 Å². The van der Waals surface area contributed by atoms with Crippen LogP contribution >= 0.6 is 0 Å². The van der Waals surface area contributed by atoms with Crippen molar-refractivity contribution in [2.75, 3.05) is 26.3 Å². The number of nitrogens with zero attached hydrogens (tertiary/aromatic N) is 1. The second-order valence-electron chi connectivity index (χ2n) is 6.16. The Balaban J connectivity index is 0.000000701. The molecular weight excluding hydrogens is 328 g/mol. The largest absolute Gasteiger partial charge is 0.483 e. The van der Waals surface area contributed by atoms with Crippen molar-refractivity contribution in [2.45, 2.75) is 44.4 Å². The number of nitrogens with one attached hydrogen (secondary N) is 1. The number of piperidine rings is 1. The van der Waals surface area contributed by atoms with E-state index in [0.29, 0.717) is 11.8 Å². The molecule has 3 rings (SSSR count). The topological polar surface area (TPSA) is 112 Å². The predicted octanol–water partition coefficient (Wildman–Crippen LogP) is 0.846. The van der Waals surface area contributed by atoms with Gasteiger partial charge in [-0.3, -0.25) is 9.59 Å². The van der Waals surface area contributed by atoms with Gasteiger partial charge in [0, 0.05) is 38.4 Å². The van der Waals surface area contributed by atoms with Crippen molar-refractivity contribution < 1.29 is 29.0 Å². The van der Waals surface area contributed by atoms with Gasteiger partial charge in [-0.05, 0) is 37.8 Å². The van der Waals surface area contributed by atoms with Crippen LogP contribution in [0.1, 0.15) is 42.0 Å². The van der Waals surface area contributed by atoms with E-state index in [9.17, 15) is 4.79 Å². The minimum atomic E-state index is -0.250.